The topological polar surface area (TPSA) is 9.23 Å². The van der Waals surface area contributed by atoms with Crippen LogP contribution in [-0.2, 0) is 11.4 Å². The zero-order valence-electron chi connectivity index (χ0n) is 10.1. The van der Waals surface area contributed by atoms with Gasteiger partial charge >= 0.3 is 0 Å². The van der Waals surface area contributed by atoms with Gasteiger partial charge in [-0.1, -0.05) is 30.3 Å². The van der Waals surface area contributed by atoms with Gasteiger partial charge in [0, 0.05) is 0 Å². The Morgan fingerprint density at radius 1 is 0.933 bits per heavy atom. The number of nitrogens with zero attached hydrogens (tertiary/aromatic N) is 1. The fourth-order valence-electron chi connectivity index (χ4n) is 1.73. The van der Waals surface area contributed by atoms with E-state index in [4.69, 9.17) is 4.84 Å². The first kappa shape index (κ1) is 12.2. The van der Waals surface area contributed by atoms with E-state index in [1.165, 1.54) is 5.56 Å². The average Bonchev–Trinajstić information content (AvgIpc) is 2.33. The zero-order valence-corrected chi connectivity index (χ0v) is 10.1. The van der Waals surface area contributed by atoms with Crippen LogP contribution in [0.4, 0.5) is 0 Å². The Morgan fingerprint density at radius 2 is 1.47 bits per heavy atom. The van der Waals surface area contributed by atoms with Crippen LogP contribution in [0.25, 0.3) is 0 Å². The van der Waals surface area contributed by atoms with Gasteiger partial charge in [-0.05, 0) is 26.3 Å². The molecule has 0 amide bonds. The molecule has 0 atom stereocenters. The number of benzene rings is 1. The van der Waals surface area contributed by atoms with E-state index in [0.717, 1.165) is 24.3 Å². The Bertz CT molecular complexity index is 259. The van der Waals surface area contributed by atoms with Gasteiger partial charge in [-0.15, -0.1) is 0 Å². The van der Waals surface area contributed by atoms with Gasteiger partial charge in [-0.2, -0.15) is 9.48 Å². The molecule has 0 radical (unpaired) electrons. The Balaban J connectivity index is 2.54. The van der Waals surface area contributed by atoms with Gasteiger partial charge in [-0.25, -0.2) is 0 Å². The standard InChI is InChI=1S/C13H22NO/c1-4-14(5-2,6-3)15-12-13-10-8-7-9-11-13/h7-11H,4-6,12H2,1-3H3/q+1. The Labute approximate surface area is 93.0 Å². The molecule has 0 bridgehead atoms. The van der Waals surface area contributed by atoms with E-state index in [1.54, 1.807) is 0 Å². The van der Waals surface area contributed by atoms with Crippen molar-refractivity contribution in [2.45, 2.75) is 27.4 Å². The minimum Gasteiger partial charge on any atom is -0.198 e. The monoisotopic (exact) mass is 208 g/mol. The van der Waals surface area contributed by atoms with Gasteiger partial charge in [0.2, 0.25) is 0 Å². The van der Waals surface area contributed by atoms with Gasteiger partial charge in [0.1, 0.15) is 26.2 Å². The molecule has 2 nitrogen and oxygen atoms in total. The fourth-order valence-corrected chi connectivity index (χ4v) is 1.73. The predicted molar refractivity (Wildman–Crippen MR) is 63.1 cm³/mol. The minimum absolute atomic E-state index is 0.705. The molecule has 0 saturated carbocycles. The third kappa shape index (κ3) is 3.33. The quantitative estimate of drug-likeness (QED) is 0.516. The second kappa shape index (κ2) is 5.89. The summed E-state index contributed by atoms with van der Waals surface area (Å²) in [5.41, 5.74) is 1.25. The maximum Gasteiger partial charge on any atom is 0.131 e. The molecule has 2 heteroatoms. The van der Waals surface area contributed by atoms with Crippen molar-refractivity contribution in [2.75, 3.05) is 19.6 Å². The van der Waals surface area contributed by atoms with Crippen molar-refractivity contribution in [3.05, 3.63) is 35.9 Å². The highest BCUT2D eigenvalue weighted by Gasteiger charge is 2.22. The maximum atomic E-state index is 6.00. The number of hydroxylamine groups is 3. The molecule has 0 aliphatic carbocycles. The van der Waals surface area contributed by atoms with Crippen LogP contribution in [0.3, 0.4) is 0 Å². The van der Waals surface area contributed by atoms with E-state index < -0.39 is 0 Å². The number of rotatable bonds is 6. The lowest BCUT2D eigenvalue weighted by atomic mass is 10.2. The second-order valence-electron chi connectivity index (χ2n) is 3.77. The normalized spacial score (nSPS) is 11.7. The van der Waals surface area contributed by atoms with Crippen LogP contribution in [0.15, 0.2) is 30.3 Å². The maximum absolute atomic E-state index is 6.00. The molecule has 0 saturated heterocycles. The van der Waals surface area contributed by atoms with Crippen LogP contribution in [0.5, 0.6) is 0 Å². The van der Waals surface area contributed by atoms with E-state index >= 15 is 0 Å². The van der Waals surface area contributed by atoms with Crippen LogP contribution >= 0.6 is 0 Å². The summed E-state index contributed by atoms with van der Waals surface area (Å²) in [7, 11) is 0. The summed E-state index contributed by atoms with van der Waals surface area (Å²) >= 11 is 0. The SMILES string of the molecule is CC[N+](CC)(CC)OCc1ccccc1. The van der Waals surface area contributed by atoms with Crippen LogP contribution in [-0.4, -0.2) is 24.3 Å². The first-order chi connectivity index (χ1) is 7.26. The molecule has 0 aliphatic rings. The van der Waals surface area contributed by atoms with Crippen molar-refractivity contribution in [1.82, 2.24) is 0 Å². The highest BCUT2D eigenvalue weighted by molar-refractivity contribution is 5.13. The minimum atomic E-state index is 0.705. The van der Waals surface area contributed by atoms with Crippen molar-refractivity contribution in [2.24, 2.45) is 0 Å². The summed E-state index contributed by atoms with van der Waals surface area (Å²) in [5.74, 6) is 0. The van der Waals surface area contributed by atoms with Gasteiger partial charge in [0.05, 0.1) is 0 Å². The van der Waals surface area contributed by atoms with E-state index in [2.05, 4.69) is 45.0 Å². The summed E-state index contributed by atoms with van der Waals surface area (Å²) in [6, 6.07) is 10.4. The van der Waals surface area contributed by atoms with Crippen molar-refractivity contribution < 1.29 is 9.48 Å². The van der Waals surface area contributed by atoms with E-state index in [-0.39, 0.29) is 0 Å². The molecule has 1 aromatic carbocycles. The summed E-state index contributed by atoms with van der Waals surface area (Å²) in [6.45, 7) is 10.3. The third-order valence-corrected chi connectivity index (χ3v) is 3.08. The summed E-state index contributed by atoms with van der Waals surface area (Å²) in [4.78, 5) is 6.00. The Hall–Kier alpha value is -0.860. The van der Waals surface area contributed by atoms with E-state index in [1.807, 2.05) is 6.07 Å². The Morgan fingerprint density at radius 3 is 1.93 bits per heavy atom. The van der Waals surface area contributed by atoms with E-state index in [0.29, 0.717) is 6.61 Å². The average molecular weight is 208 g/mol. The van der Waals surface area contributed by atoms with Gasteiger partial charge < -0.3 is 0 Å². The number of hydrogen-bond donors (Lipinski definition) is 0. The van der Waals surface area contributed by atoms with Crippen LogP contribution in [0.1, 0.15) is 26.3 Å². The molecular formula is C13H22NO+. The first-order valence-corrected chi connectivity index (χ1v) is 5.81. The summed E-state index contributed by atoms with van der Waals surface area (Å²) in [5, 5.41) is 0. The molecule has 15 heavy (non-hydrogen) atoms. The molecule has 0 heterocycles. The van der Waals surface area contributed by atoms with E-state index in [9.17, 15) is 0 Å². The highest BCUT2D eigenvalue weighted by atomic mass is 16.7. The Kier molecular flexibility index (Phi) is 4.79. The molecule has 0 N–H and O–H groups in total. The molecular weight excluding hydrogens is 186 g/mol. The molecule has 1 rings (SSSR count). The lowest BCUT2D eigenvalue weighted by molar-refractivity contribution is -1.10. The number of quaternary nitrogens is 1. The smallest absolute Gasteiger partial charge is 0.131 e. The first-order valence-electron chi connectivity index (χ1n) is 5.81. The van der Waals surface area contributed by atoms with Crippen molar-refractivity contribution in [3.63, 3.8) is 0 Å². The lowest BCUT2D eigenvalue weighted by Gasteiger charge is -2.32. The van der Waals surface area contributed by atoms with Crippen molar-refractivity contribution in [3.8, 4) is 0 Å². The molecule has 0 fully saturated rings. The summed E-state index contributed by atoms with van der Waals surface area (Å²) < 4.78 is 0.745. The molecule has 0 unspecified atom stereocenters. The highest BCUT2D eigenvalue weighted by Crippen LogP contribution is 2.11. The van der Waals surface area contributed by atoms with Crippen LogP contribution < -0.4 is 0 Å². The number of hydrogen-bond acceptors (Lipinski definition) is 1. The van der Waals surface area contributed by atoms with Crippen molar-refractivity contribution >= 4 is 0 Å². The molecule has 0 aromatic heterocycles. The zero-order chi connectivity index (χ0) is 11.1. The van der Waals surface area contributed by atoms with Gasteiger partial charge in [0.25, 0.3) is 0 Å². The van der Waals surface area contributed by atoms with Gasteiger partial charge in [0.15, 0.2) is 0 Å². The molecule has 0 spiro atoms. The lowest BCUT2D eigenvalue weighted by Crippen LogP contribution is -2.47. The van der Waals surface area contributed by atoms with Gasteiger partial charge in [-0.3, -0.25) is 0 Å². The molecule has 1 aromatic rings. The summed E-state index contributed by atoms with van der Waals surface area (Å²) in [6.07, 6.45) is 0. The molecule has 84 valence electrons. The largest absolute Gasteiger partial charge is 0.198 e. The molecule has 0 aliphatic heterocycles. The second-order valence-corrected chi connectivity index (χ2v) is 3.77. The predicted octanol–water partition coefficient (Wildman–Crippen LogP) is 2.99. The third-order valence-electron chi connectivity index (χ3n) is 3.08. The van der Waals surface area contributed by atoms with Crippen LogP contribution in [0.2, 0.25) is 0 Å². The fraction of sp³-hybridized carbons (Fsp3) is 0.538. The van der Waals surface area contributed by atoms with Crippen LogP contribution in [0, 0.1) is 0 Å². The van der Waals surface area contributed by atoms with Crippen molar-refractivity contribution in [1.29, 1.82) is 0 Å².